The van der Waals surface area contributed by atoms with Crippen LogP contribution in [0.3, 0.4) is 0 Å². The first kappa shape index (κ1) is 15.4. The van der Waals surface area contributed by atoms with Crippen LogP contribution in [-0.4, -0.2) is 49.1 Å². The number of amides is 1. The Labute approximate surface area is 115 Å². The molecule has 0 radical (unpaired) electrons. The van der Waals surface area contributed by atoms with E-state index in [1.54, 1.807) is 31.3 Å². The van der Waals surface area contributed by atoms with Crippen molar-refractivity contribution < 1.29 is 9.53 Å². The zero-order valence-electron chi connectivity index (χ0n) is 12.1. The second-order valence-corrected chi connectivity index (χ2v) is 4.58. The Morgan fingerprint density at radius 2 is 2.26 bits per heavy atom. The molecule has 19 heavy (non-hydrogen) atoms. The van der Waals surface area contributed by atoms with Gasteiger partial charge in [0.1, 0.15) is 5.69 Å². The van der Waals surface area contributed by atoms with Crippen molar-refractivity contribution in [2.45, 2.75) is 26.3 Å². The molecule has 1 atom stereocenters. The first-order valence-corrected chi connectivity index (χ1v) is 6.56. The molecule has 0 saturated carbocycles. The van der Waals surface area contributed by atoms with E-state index in [9.17, 15) is 4.79 Å². The van der Waals surface area contributed by atoms with Crippen molar-refractivity contribution in [2.75, 3.05) is 32.6 Å². The van der Waals surface area contributed by atoms with Gasteiger partial charge >= 0.3 is 0 Å². The maximum absolute atomic E-state index is 12.2. The summed E-state index contributed by atoms with van der Waals surface area (Å²) >= 11 is 0. The van der Waals surface area contributed by atoms with Crippen LogP contribution in [0.2, 0.25) is 0 Å². The standard InChI is InChI=1S/C14H23N3O2/c1-5-8-15-12-6-7-13(16-9-12)14(18)17(3)11(2)10-19-4/h6-7,9,11,15H,5,8,10H2,1-4H3. The number of carbonyl (C=O) groups excluding carboxylic acids is 1. The summed E-state index contributed by atoms with van der Waals surface area (Å²) in [6.07, 6.45) is 2.75. The molecule has 0 aliphatic carbocycles. The predicted octanol–water partition coefficient (Wildman–Crippen LogP) is 2.01. The molecule has 1 N–H and O–H groups in total. The smallest absolute Gasteiger partial charge is 0.272 e. The summed E-state index contributed by atoms with van der Waals surface area (Å²) in [6.45, 7) is 5.46. The van der Waals surface area contributed by atoms with Gasteiger partial charge in [-0.2, -0.15) is 0 Å². The van der Waals surface area contributed by atoms with Gasteiger partial charge in [-0.1, -0.05) is 6.92 Å². The molecule has 0 spiro atoms. The van der Waals surface area contributed by atoms with Crippen LogP contribution in [-0.2, 0) is 4.74 Å². The van der Waals surface area contributed by atoms with E-state index in [4.69, 9.17) is 4.74 Å². The maximum atomic E-state index is 12.2. The van der Waals surface area contributed by atoms with Crippen molar-refractivity contribution in [1.82, 2.24) is 9.88 Å². The number of hydrogen-bond donors (Lipinski definition) is 1. The molecule has 5 nitrogen and oxygen atoms in total. The topological polar surface area (TPSA) is 54.5 Å². The highest BCUT2D eigenvalue weighted by Gasteiger charge is 2.18. The van der Waals surface area contributed by atoms with Crippen LogP contribution in [0, 0.1) is 0 Å². The normalized spacial score (nSPS) is 12.0. The van der Waals surface area contributed by atoms with Crippen LogP contribution in [0.15, 0.2) is 18.3 Å². The molecule has 1 heterocycles. The molecule has 5 heteroatoms. The number of ether oxygens (including phenoxy) is 1. The number of carbonyl (C=O) groups is 1. The van der Waals surface area contributed by atoms with Crippen LogP contribution in [0.5, 0.6) is 0 Å². The lowest BCUT2D eigenvalue weighted by molar-refractivity contribution is 0.0628. The Morgan fingerprint density at radius 3 is 2.79 bits per heavy atom. The molecule has 0 fully saturated rings. The molecular formula is C14H23N3O2. The highest BCUT2D eigenvalue weighted by Crippen LogP contribution is 2.09. The van der Waals surface area contributed by atoms with Gasteiger partial charge in [-0.05, 0) is 25.5 Å². The van der Waals surface area contributed by atoms with Crippen molar-refractivity contribution in [1.29, 1.82) is 0 Å². The number of nitrogens with one attached hydrogen (secondary N) is 1. The Morgan fingerprint density at radius 1 is 1.53 bits per heavy atom. The number of nitrogens with zero attached hydrogens (tertiary/aromatic N) is 2. The lowest BCUT2D eigenvalue weighted by Gasteiger charge is -2.23. The van der Waals surface area contributed by atoms with E-state index in [0.29, 0.717) is 12.3 Å². The van der Waals surface area contributed by atoms with Crippen molar-refractivity contribution in [3.63, 3.8) is 0 Å². The minimum Gasteiger partial charge on any atom is -0.384 e. The average molecular weight is 265 g/mol. The number of rotatable bonds is 7. The van der Waals surface area contributed by atoms with Crippen molar-refractivity contribution in [2.24, 2.45) is 0 Å². The molecule has 1 amide bonds. The van der Waals surface area contributed by atoms with Gasteiger partial charge in [-0.25, -0.2) is 4.98 Å². The van der Waals surface area contributed by atoms with Gasteiger partial charge in [-0.15, -0.1) is 0 Å². The zero-order valence-corrected chi connectivity index (χ0v) is 12.1. The number of pyridine rings is 1. The van der Waals surface area contributed by atoms with E-state index in [-0.39, 0.29) is 11.9 Å². The monoisotopic (exact) mass is 265 g/mol. The number of aromatic nitrogens is 1. The minimum absolute atomic E-state index is 0.0252. The lowest BCUT2D eigenvalue weighted by atomic mass is 10.2. The fourth-order valence-electron chi connectivity index (χ4n) is 1.63. The van der Waals surface area contributed by atoms with Gasteiger partial charge in [-0.3, -0.25) is 4.79 Å². The van der Waals surface area contributed by atoms with E-state index in [2.05, 4.69) is 17.2 Å². The van der Waals surface area contributed by atoms with Gasteiger partial charge in [0.2, 0.25) is 0 Å². The van der Waals surface area contributed by atoms with Gasteiger partial charge in [0.15, 0.2) is 0 Å². The molecule has 1 aromatic rings. The zero-order chi connectivity index (χ0) is 14.3. The summed E-state index contributed by atoms with van der Waals surface area (Å²) < 4.78 is 5.05. The molecular weight excluding hydrogens is 242 g/mol. The fraction of sp³-hybridized carbons (Fsp3) is 0.571. The Bertz CT molecular complexity index is 392. The second-order valence-electron chi connectivity index (χ2n) is 4.58. The number of likely N-dealkylation sites (N-methyl/N-ethyl adjacent to an activating group) is 1. The van der Waals surface area contributed by atoms with Crippen LogP contribution >= 0.6 is 0 Å². The number of hydrogen-bond acceptors (Lipinski definition) is 4. The Hall–Kier alpha value is -1.62. The molecule has 0 aromatic carbocycles. The maximum Gasteiger partial charge on any atom is 0.272 e. The van der Waals surface area contributed by atoms with E-state index < -0.39 is 0 Å². The molecule has 0 bridgehead atoms. The minimum atomic E-state index is -0.0911. The highest BCUT2D eigenvalue weighted by molar-refractivity contribution is 5.92. The van der Waals surface area contributed by atoms with Crippen LogP contribution in [0.4, 0.5) is 5.69 Å². The van der Waals surface area contributed by atoms with Crippen LogP contribution in [0.1, 0.15) is 30.8 Å². The summed E-state index contributed by atoms with van der Waals surface area (Å²) in [6, 6.07) is 3.65. The van der Waals surface area contributed by atoms with E-state index in [1.807, 2.05) is 13.0 Å². The molecule has 1 unspecified atom stereocenters. The van der Waals surface area contributed by atoms with Crippen molar-refractivity contribution >= 4 is 11.6 Å². The first-order chi connectivity index (χ1) is 9.10. The van der Waals surface area contributed by atoms with Crippen LogP contribution in [0.25, 0.3) is 0 Å². The van der Waals surface area contributed by atoms with Crippen LogP contribution < -0.4 is 5.32 Å². The highest BCUT2D eigenvalue weighted by atomic mass is 16.5. The van der Waals surface area contributed by atoms with Crippen molar-refractivity contribution in [3.8, 4) is 0 Å². The molecule has 0 saturated heterocycles. The molecule has 0 aliphatic rings. The average Bonchev–Trinajstić information content (AvgIpc) is 2.44. The summed E-state index contributed by atoms with van der Waals surface area (Å²) in [5.74, 6) is -0.0911. The molecule has 106 valence electrons. The first-order valence-electron chi connectivity index (χ1n) is 6.56. The predicted molar refractivity (Wildman–Crippen MR) is 76.4 cm³/mol. The van der Waals surface area contributed by atoms with Crippen molar-refractivity contribution in [3.05, 3.63) is 24.0 Å². The van der Waals surface area contributed by atoms with Gasteiger partial charge < -0.3 is 15.0 Å². The number of anilines is 1. The van der Waals surface area contributed by atoms with Gasteiger partial charge in [0, 0.05) is 20.7 Å². The lowest BCUT2D eigenvalue weighted by Crippen LogP contribution is -2.38. The third-order valence-corrected chi connectivity index (χ3v) is 2.95. The molecule has 0 aliphatic heterocycles. The van der Waals surface area contributed by atoms with E-state index >= 15 is 0 Å². The largest absolute Gasteiger partial charge is 0.384 e. The van der Waals surface area contributed by atoms with Gasteiger partial charge in [0.25, 0.3) is 5.91 Å². The molecule has 1 rings (SSSR count). The summed E-state index contributed by atoms with van der Waals surface area (Å²) in [7, 11) is 3.39. The van der Waals surface area contributed by atoms with E-state index in [0.717, 1.165) is 18.7 Å². The molecule has 1 aromatic heterocycles. The quantitative estimate of drug-likeness (QED) is 0.819. The van der Waals surface area contributed by atoms with Gasteiger partial charge in [0.05, 0.1) is 24.5 Å². The summed E-state index contributed by atoms with van der Waals surface area (Å²) in [5.41, 5.74) is 1.39. The Balaban J connectivity index is 2.66. The number of methoxy groups -OCH3 is 1. The SMILES string of the molecule is CCCNc1ccc(C(=O)N(C)C(C)COC)nc1. The van der Waals surface area contributed by atoms with E-state index in [1.165, 1.54) is 0 Å². The second kappa shape index (κ2) is 7.74. The Kier molecular flexibility index (Phi) is 6.29. The third-order valence-electron chi connectivity index (χ3n) is 2.95. The third kappa shape index (κ3) is 4.52. The summed E-state index contributed by atoms with van der Waals surface area (Å²) in [4.78, 5) is 18.0. The summed E-state index contributed by atoms with van der Waals surface area (Å²) in [5, 5.41) is 3.23. The fourth-order valence-corrected chi connectivity index (χ4v) is 1.63.